The summed E-state index contributed by atoms with van der Waals surface area (Å²) in [6.45, 7) is 9.58. The third-order valence-corrected chi connectivity index (χ3v) is 3.82. The maximum absolute atomic E-state index is 5.56. The van der Waals surface area contributed by atoms with Crippen molar-refractivity contribution in [3.05, 3.63) is 34.3 Å². The third kappa shape index (κ3) is 5.09. The Morgan fingerprint density at radius 3 is 2.72 bits per heavy atom. The Morgan fingerprint density at radius 1 is 1.39 bits per heavy atom. The minimum atomic E-state index is 0.145. The highest BCUT2D eigenvalue weighted by Gasteiger charge is 2.20. The van der Waals surface area contributed by atoms with Crippen LogP contribution in [0.1, 0.15) is 32.8 Å². The van der Waals surface area contributed by atoms with E-state index in [1.807, 2.05) is 0 Å². The first-order valence-electron chi connectivity index (χ1n) is 6.62. The Hall–Kier alpha value is -0.380. The summed E-state index contributed by atoms with van der Waals surface area (Å²) < 4.78 is 1.14. The normalized spacial score (nSPS) is 13.6. The number of nitrogens with one attached hydrogen (secondary N) is 1. The molecule has 0 bridgehead atoms. The predicted octanol–water partition coefficient (Wildman–Crippen LogP) is 3.30. The van der Waals surface area contributed by atoms with Crippen LogP contribution in [0.5, 0.6) is 0 Å². The van der Waals surface area contributed by atoms with Crippen LogP contribution in [0, 0.1) is 5.92 Å². The van der Waals surface area contributed by atoms with Crippen LogP contribution in [0.25, 0.3) is 0 Å². The smallest absolute Gasteiger partial charge is 0.0178 e. The van der Waals surface area contributed by atoms with Crippen molar-refractivity contribution in [3.63, 3.8) is 0 Å². The van der Waals surface area contributed by atoms with Crippen molar-refractivity contribution < 1.29 is 0 Å². The van der Waals surface area contributed by atoms with Gasteiger partial charge in [0.2, 0.25) is 0 Å². The lowest BCUT2D eigenvalue weighted by Gasteiger charge is -2.27. The van der Waals surface area contributed by atoms with Crippen LogP contribution in [-0.4, -0.2) is 19.6 Å². The second-order valence-corrected chi connectivity index (χ2v) is 6.62. The summed E-state index contributed by atoms with van der Waals surface area (Å²) in [5, 5.41) is 3.56. The highest BCUT2D eigenvalue weighted by Crippen LogP contribution is 2.25. The molecule has 2 nitrogen and oxygen atoms in total. The molecule has 3 N–H and O–H groups in total. The highest BCUT2D eigenvalue weighted by atomic mass is 79.9. The fraction of sp³-hybridized carbons (Fsp3) is 0.600. The summed E-state index contributed by atoms with van der Waals surface area (Å²) in [5.74, 6) is 0.647. The molecular formula is C15H25BrN2. The molecule has 0 heterocycles. The van der Waals surface area contributed by atoms with Crippen molar-refractivity contribution in [2.45, 2.75) is 32.6 Å². The van der Waals surface area contributed by atoms with Gasteiger partial charge in [0.25, 0.3) is 0 Å². The van der Waals surface area contributed by atoms with Crippen molar-refractivity contribution in [1.82, 2.24) is 5.32 Å². The van der Waals surface area contributed by atoms with Crippen molar-refractivity contribution in [2.75, 3.05) is 19.6 Å². The van der Waals surface area contributed by atoms with Gasteiger partial charge in [0.15, 0.2) is 0 Å². The van der Waals surface area contributed by atoms with Crippen LogP contribution in [0.2, 0.25) is 0 Å². The van der Waals surface area contributed by atoms with Gasteiger partial charge in [-0.15, -0.1) is 0 Å². The zero-order valence-electron chi connectivity index (χ0n) is 11.7. The van der Waals surface area contributed by atoms with Gasteiger partial charge in [0.1, 0.15) is 0 Å². The minimum absolute atomic E-state index is 0.145. The Morgan fingerprint density at radius 2 is 2.11 bits per heavy atom. The van der Waals surface area contributed by atoms with E-state index >= 15 is 0 Å². The van der Waals surface area contributed by atoms with E-state index in [4.69, 9.17) is 5.73 Å². The third-order valence-electron chi connectivity index (χ3n) is 3.33. The lowest BCUT2D eigenvalue weighted by molar-refractivity contribution is 0.422. The molecule has 1 unspecified atom stereocenters. The summed E-state index contributed by atoms with van der Waals surface area (Å²) in [6, 6.07) is 8.55. The Balaban J connectivity index is 2.49. The van der Waals surface area contributed by atoms with E-state index in [9.17, 15) is 0 Å². The fourth-order valence-corrected chi connectivity index (χ4v) is 2.43. The molecule has 0 amide bonds. The van der Waals surface area contributed by atoms with E-state index in [1.165, 1.54) is 5.56 Å². The molecule has 0 radical (unpaired) electrons. The minimum Gasteiger partial charge on any atom is -0.330 e. The summed E-state index contributed by atoms with van der Waals surface area (Å²) in [4.78, 5) is 0. The summed E-state index contributed by atoms with van der Waals surface area (Å²) in [7, 11) is 0. The van der Waals surface area contributed by atoms with Gasteiger partial charge in [0.05, 0.1) is 0 Å². The molecule has 0 aliphatic carbocycles. The molecule has 102 valence electrons. The lowest BCUT2D eigenvalue weighted by Crippen LogP contribution is -2.35. The standard InChI is InChI=1S/C15H25BrN2/c1-12(7-8-17)10-18-11-15(2,3)13-5-4-6-14(16)9-13/h4-6,9,12,18H,7-8,10-11,17H2,1-3H3. The quantitative estimate of drug-likeness (QED) is 0.810. The molecule has 0 aliphatic rings. The molecule has 1 aromatic rings. The topological polar surface area (TPSA) is 38.0 Å². The first-order chi connectivity index (χ1) is 8.45. The van der Waals surface area contributed by atoms with E-state index in [1.54, 1.807) is 0 Å². The average Bonchev–Trinajstić information content (AvgIpc) is 2.29. The number of nitrogens with two attached hydrogens (primary N) is 1. The molecule has 0 aliphatic heterocycles. The summed E-state index contributed by atoms with van der Waals surface area (Å²) in [5.41, 5.74) is 7.06. The Kier molecular flexibility index (Phi) is 6.33. The van der Waals surface area contributed by atoms with Crippen molar-refractivity contribution >= 4 is 15.9 Å². The lowest BCUT2D eigenvalue weighted by atomic mass is 9.84. The number of hydrogen-bond acceptors (Lipinski definition) is 2. The van der Waals surface area contributed by atoms with E-state index in [0.717, 1.165) is 30.5 Å². The molecule has 0 fully saturated rings. The number of benzene rings is 1. The van der Waals surface area contributed by atoms with E-state index in [0.29, 0.717) is 5.92 Å². The number of rotatable bonds is 7. The number of halogens is 1. The van der Waals surface area contributed by atoms with Gasteiger partial charge in [-0.3, -0.25) is 0 Å². The monoisotopic (exact) mass is 312 g/mol. The van der Waals surface area contributed by atoms with Crippen LogP contribution >= 0.6 is 15.9 Å². The van der Waals surface area contributed by atoms with E-state index in [2.05, 4.69) is 66.3 Å². The second kappa shape index (κ2) is 7.27. The molecule has 0 saturated carbocycles. The molecule has 1 rings (SSSR count). The number of hydrogen-bond donors (Lipinski definition) is 2. The average molecular weight is 313 g/mol. The van der Waals surface area contributed by atoms with Gasteiger partial charge in [-0.1, -0.05) is 48.8 Å². The second-order valence-electron chi connectivity index (χ2n) is 5.71. The maximum Gasteiger partial charge on any atom is 0.0178 e. The molecule has 3 heteroatoms. The zero-order valence-corrected chi connectivity index (χ0v) is 13.3. The van der Waals surface area contributed by atoms with Crippen LogP contribution in [0.15, 0.2) is 28.7 Å². The van der Waals surface area contributed by atoms with E-state index in [-0.39, 0.29) is 5.41 Å². The SMILES string of the molecule is CC(CCN)CNCC(C)(C)c1cccc(Br)c1. The summed E-state index contributed by atoms with van der Waals surface area (Å²) >= 11 is 3.53. The van der Waals surface area contributed by atoms with Gasteiger partial charge in [-0.05, 0) is 43.1 Å². The fourth-order valence-electron chi connectivity index (χ4n) is 2.03. The van der Waals surface area contributed by atoms with Crippen LogP contribution in [-0.2, 0) is 5.41 Å². The molecule has 0 spiro atoms. The predicted molar refractivity (Wildman–Crippen MR) is 82.9 cm³/mol. The molecule has 1 aromatic carbocycles. The van der Waals surface area contributed by atoms with Crippen molar-refractivity contribution in [3.8, 4) is 0 Å². The van der Waals surface area contributed by atoms with Crippen LogP contribution < -0.4 is 11.1 Å². The van der Waals surface area contributed by atoms with Gasteiger partial charge < -0.3 is 11.1 Å². The Labute approximate surface area is 119 Å². The molecule has 0 aromatic heterocycles. The van der Waals surface area contributed by atoms with Gasteiger partial charge in [-0.2, -0.15) is 0 Å². The molecular weight excluding hydrogens is 288 g/mol. The van der Waals surface area contributed by atoms with Gasteiger partial charge >= 0.3 is 0 Å². The highest BCUT2D eigenvalue weighted by molar-refractivity contribution is 9.10. The van der Waals surface area contributed by atoms with Gasteiger partial charge in [-0.25, -0.2) is 0 Å². The maximum atomic E-state index is 5.56. The van der Waals surface area contributed by atoms with Crippen molar-refractivity contribution in [2.24, 2.45) is 11.7 Å². The van der Waals surface area contributed by atoms with Crippen molar-refractivity contribution in [1.29, 1.82) is 0 Å². The summed E-state index contributed by atoms with van der Waals surface area (Å²) in [6.07, 6.45) is 1.09. The first kappa shape index (κ1) is 15.7. The van der Waals surface area contributed by atoms with Gasteiger partial charge in [0, 0.05) is 16.4 Å². The zero-order chi connectivity index (χ0) is 13.6. The Bertz CT molecular complexity index is 363. The van der Waals surface area contributed by atoms with Crippen LogP contribution in [0.4, 0.5) is 0 Å². The van der Waals surface area contributed by atoms with Crippen LogP contribution in [0.3, 0.4) is 0 Å². The van der Waals surface area contributed by atoms with E-state index < -0.39 is 0 Å². The largest absolute Gasteiger partial charge is 0.330 e. The molecule has 18 heavy (non-hydrogen) atoms. The first-order valence-corrected chi connectivity index (χ1v) is 7.42. The molecule has 1 atom stereocenters. The molecule has 0 saturated heterocycles.